The second kappa shape index (κ2) is 8.15. The fourth-order valence-corrected chi connectivity index (χ4v) is 3.36. The smallest absolute Gasteiger partial charge is 0.250 e. The van der Waals surface area contributed by atoms with E-state index in [0.29, 0.717) is 19.7 Å². The van der Waals surface area contributed by atoms with Crippen LogP contribution < -0.4 is 10.6 Å². The summed E-state index contributed by atoms with van der Waals surface area (Å²) < 4.78 is 5.47. The van der Waals surface area contributed by atoms with Gasteiger partial charge in [-0.25, -0.2) is 0 Å². The topological polar surface area (TPSA) is 50.4 Å². The molecular weight excluding hydrogens is 308 g/mol. The average molecular weight is 328 g/mol. The van der Waals surface area contributed by atoms with E-state index in [1.807, 2.05) is 36.4 Å². The van der Waals surface area contributed by atoms with Crippen molar-refractivity contribution in [2.24, 2.45) is 0 Å². The minimum atomic E-state index is -0.391. The Kier molecular flexibility index (Phi) is 5.69. The lowest BCUT2D eigenvalue weighted by molar-refractivity contribution is -0.134. The molecule has 0 saturated carbocycles. The highest BCUT2D eigenvalue weighted by molar-refractivity contribution is 7.99. The SMILES string of the molecule is O=C(NCc1ccccc1Sc1ccccc1)C1CNCCO1. The molecule has 0 aliphatic carbocycles. The van der Waals surface area contributed by atoms with E-state index >= 15 is 0 Å². The minimum absolute atomic E-state index is 0.0586. The highest BCUT2D eigenvalue weighted by Gasteiger charge is 2.21. The van der Waals surface area contributed by atoms with E-state index in [-0.39, 0.29) is 5.91 Å². The molecule has 2 N–H and O–H groups in total. The van der Waals surface area contributed by atoms with Crippen molar-refractivity contribution in [3.8, 4) is 0 Å². The Morgan fingerprint density at radius 1 is 1.17 bits per heavy atom. The number of hydrogen-bond donors (Lipinski definition) is 2. The number of carbonyl (C=O) groups excluding carboxylic acids is 1. The van der Waals surface area contributed by atoms with Crippen LogP contribution in [0.5, 0.6) is 0 Å². The van der Waals surface area contributed by atoms with E-state index in [0.717, 1.165) is 17.0 Å². The Labute approximate surface area is 140 Å². The summed E-state index contributed by atoms with van der Waals surface area (Å²) >= 11 is 1.71. The van der Waals surface area contributed by atoms with Gasteiger partial charge >= 0.3 is 0 Å². The monoisotopic (exact) mass is 328 g/mol. The van der Waals surface area contributed by atoms with E-state index in [9.17, 15) is 4.79 Å². The molecule has 2 aromatic carbocycles. The Morgan fingerprint density at radius 2 is 1.96 bits per heavy atom. The molecule has 1 heterocycles. The molecule has 23 heavy (non-hydrogen) atoms. The zero-order valence-corrected chi connectivity index (χ0v) is 13.6. The zero-order valence-electron chi connectivity index (χ0n) is 12.8. The number of hydrogen-bond acceptors (Lipinski definition) is 4. The molecular formula is C18H20N2O2S. The normalized spacial score (nSPS) is 17.7. The molecule has 4 nitrogen and oxygen atoms in total. The van der Waals surface area contributed by atoms with Crippen molar-refractivity contribution in [1.29, 1.82) is 0 Å². The van der Waals surface area contributed by atoms with Crippen molar-refractivity contribution < 1.29 is 9.53 Å². The number of amides is 1. The highest BCUT2D eigenvalue weighted by Crippen LogP contribution is 2.30. The van der Waals surface area contributed by atoms with Crippen LogP contribution in [0.3, 0.4) is 0 Å². The van der Waals surface area contributed by atoms with Gasteiger partial charge < -0.3 is 15.4 Å². The van der Waals surface area contributed by atoms with Gasteiger partial charge in [0.15, 0.2) is 0 Å². The Morgan fingerprint density at radius 3 is 2.74 bits per heavy atom. The predicted molar refractivity (Wildman–Crippen MR) is 91.5 cm³/mol. The maximum absolute atomic E-state index is 12.2. The first kappa shape index (κ1) is 16.1. The van der Waals surface area contributed by atoms with Gasteiger partial charge in [-0.3, -0.25) is 4.79 Å². The Hall–Kier alpha value is -1.82. The van der Waals surface area contributed by atoms with Crippen LogP contribution in [0.4, 0.5) is 0 Å². The Balaban J connectivity index is 1.62. The van der Waals surface area contributed by atoms with Crippen molar-refractivity contribution >= 4 is 17.7 Å². The van der Waals surface area contributed by atoms with Gasteiger partial charge in [0.25, 0.3) is 5.91 Å². The quantitative estimate of drug-likeness (QED) is 0.885. The van der Waals surface area contributed by atoms with E-state index < -0.39 is 6.10 Å². The van der Waals surface area contributed by atoms with Crippen LogP contribution in [0.2, 0.25) is 0 Å². The molecule has 5 heteroatoms. The molecule has 1 aliphatic rings. The van der Waals surface area contributed by atoms with Crippen molar-refractivity contribution in [1.82, 2.24) is 10.6 Å². The molecule has 1 amide bonds. The number of carbonyl (C=O) groups is 1. The molecule has 120 valence electrons. The van der Waals surface area contributed by atoms with E-state index in [1.54, 1.807) is 11.8 Å². The molecule has 1 fully saturated rings. The van der Waals surface area contributed by atoms with Crippen LogP contribution in [0, 0.1) is 0 Å². The van der Waals surface area contributed by atoms with Gasteiger partial charge in [0.1, 0.15) is 6.10 Å². The molecule has 1 atom stereocenters. The third kappa shape index (κ3) is 4.58. The molecule has 2 aromatic rings. The van der Waals surface area contributed by atoms with Crippen molar-refractivity contribution in [3.63, 3.8) is 0 Å². The van der Waals surface area contributed by atoms with Crippen LogP contribution in [0.1, 0.15) is 5.56 Å². The molecule has 0 aromatic heterocycles. The van der Waals surface area contributed by atoms with Gasteiger partial charge in [-0.05, 0) is 23.8 Å². The summed E-state index contributed by atoms with van der Waals surface area (Å²) in [5, 5.41) is 6.15. The van der Waals surface area contributed by atoms with Gasteiger partial charge in [-0.15, -0.1) is 0 Å². The molecule has 0 radical (unpaired) electrons. The van der Waals surface area contributed by atoms with Gasteiger partial charge in [-0.2, -0.15) is 0 Å². The summed E-state index contributed by atoms with van der Waals surface area (Å²) in [5.41, 5.74) is 1.11. The minimum Gasteiger partial charge on any atom is -0.366 e. The first-order chi connectivity index (χ1) is 11.3. The van der Waals surface area contributed by atoms with Gasteiger partial charge in [0, 0.05) is 29.4 Å². The highest BCUT2D eigenvalue weighted by atomic mass is 32.2. The van der Waals surface area contributed by atoms with E-state index in [4.69, 9.17) is 4.74 Å². The second-order valence-electron chi connectivity index (χ2n) is 5.30. The molecule has 3 rings (SSSR count). The Bertz CT molecular complexity index is 642. The number of benzene rings is 2. The van der Waals surface area contributed by atoms with Crippen LogP contribution in [0.25, 0.3) is 0 Å². The van der Waals surface area contributed by atoms with Crippen molar-refractivity contribution in [2.45, 2.75) is 22.4 Å². The number of ether oxygens (including phenoxy) is 1. The maximum atomic E-state index is 12.2. The number of rotatable bonds is 5. The van der Waals surface area contributed by atoms with Crippen LogP contribution in [0.15, 0.2) is 64.4 Å². The standard InChI is InChI=1S/C18H20N2O2S/c21-18(16-13-19-10-11-22-16)20-12-14-6-4-5-9-17(14)23-15-7-2-1-3-8-15/h1-9,16,19H,10-13H2,(H,20,21). The lowest BCUT2D eigenvalue weighted by Gasteiger charge is -2.23. The third-order valence-corrected chi connectivity index (χ3v) is 4.74. The van der Waals surface area contributed by atoms with E-state index in [1.165, 1.54) is 4.90 Å². The van der Waals surface area contributed by atoms with Crippen molar-refractivity contribution in [2.75, 3.05) is 19.7 Å². The first-order valence-corrected chi connectivity index (χ1v) is 8.55. The fourth-order valence-electron chi connectivity index (χ4n) is 2.39. The predicted octanol–water partition coefficient (Wildman–Crippen LogP) is 2.44. The van der Waals surface area contributed by atoms with E-state index in [2.05, 4.69) is 28.8 Å². The number of morpholine rings is 1. The zero-order chi connectivity index (χ0) is 15.9. The lowest BCUT2D eigenvalue weighted by atomic mass is 10.2. The summed E-state index contributed by atoms with van der Waals surface area (Å²) in [6.45, 7) is 2.47. The van der Waals surface area contributed by atoms with Gasteiger partial charge in [0.2, 0.25) is 0 Å². The number of nitrogens with one attached hydrogen (secondary N) is 2. The first-order valence-electron chi connectivity index (χ1n) is 7.74. The molecule has 1 unspecified atom stereocenters. The van der Waals surface area contributed by atoms with Crippen LogP contribution in [-0.4, -0.2) is 31.7 Å². The fraction of sp³-hybridized carbons (Fsp3) is 0.278. The summed E-state index contributed by atoms with van der Waals surface area (Å²) in [6.07, 6.45) is -0.391. The average Bonchev–Trinajstić information content (AvgIpc) is 2.62. The molecule has 0 bridgehead atoms. The summed E-state index contributed by atoms with van der Waals surface area (Å²) in [5.74, 6) is -0.0586. The third-order valence-electron chi connectivity index (χ3n) is 3.62. The second-order valence-corrected chi connectivity index (χ2v) is 6.42. The lowest BCUT2D eigenvalue weighted by Crippen LogP contribution is -2.47. The van der Waals surface area contributed by atoms with Gasteiger partial charge in [0.05, 0.1) is 6.61 Å². The summed E-state index contributed by atoms with van der Waals surface area (Å²) in [4.78, 5) is 14.5. The molecule has 1 saturated heterocycles. The maximum Gasteiger partial charge on any atom is 0.250 e. The largest absolute Gasteiger partial charge is 0.366 e. The van der Waals surface area contributed by atoms with Gasteiger partial charge in [-0.1, -0.05) is 48.2 Å². The summed E-state index contributed by atoms with van der Waals surface area (Å²) in [7, 11) is 0. The van der Waals surface area contributed by atoms with Crippen molar-refractivity contribution in [3.05, 3.63) is 60.2 Å². The van der Waals surface area contributed by atoms with Crippen LogP contribution in [-0.2, 0) is 16.1 Å². The molecule has 0 spiro atoms. The molecule has 1 aliphatic heterocycles. The van der Waals surface area contributed by atoms with Crippen LogP contribution >= 0.6 is 11.8 Å². The summed E-state index contributed by atoms with van der Waals surface area (Å²) in [6, 6.07) is 18.4.